The van der Waals surface area contributed by atoms with Crippen LogP contribution < -0.4 is 4.90 Å². The number of ketones is 1. The van der Waals surface area contributed by atoms with Crippen molar-refractivity contribution in [2.45, 2.75) is 19.3 Å². The van der Waals surface area contributed by atoms with Gasteiger partial charge in [-0.2, -0.15) is 5.26 Å². The Hall–Kier alpha value is -3.39. The van der Waals surface area contributed by atoms with Gasteiger partial charge in [0.05, 0.1) is 0 Å². The highest BCUT2D eigenvalue weighted by Gasteiger charge is 2.17. The molecule has 0 saturated carbocycles. The monoisotopic (exact) mass is 374 g/mol. The first kappa shape index (κ1) is 19.4. The standard InChI is InChI=1S/C23H22N2O3/c1-25(2)21-10-6-16(7-11-21)12-20(14-24)23(27)28-15-22(26)19-9-8-17-4-3-5-18(17)13-19/h6-13H,3-5,15H2,1-2H3/b20-12+. The summed E-state index contributed by atoms with van der Waals surface area (Å²) in [5.74, 6) is -1.07. The summed E-state index contributed by atoms with van der Waals surface area (Å²) in [4.78, 5) is 26.5. The maximum Gasteiger partial charge on any atom is 0.349 e. The number of carbonyl (C=O) groups is 2. The van der Waals surface area contributed by atoms with Gasteiger partial charge in [-0.05, 0) is 60.2 Å². The van der Waals surface area contributed by atoms with Gasteiger partial charge >= 0.3 is 5.97 Å². The lowest BCUT2D eigenvalue weighted by atomic mass is 10.0. The summed E-state index contributed by atoms with van der Waals surface area (Å²) in [6.07, 6.45) is 4.59. The van der Waals surface area contributed by atoms with Gasteiger partial charge in [0.1, 0.15) is 11.6 Å². The number of nitrogens with zero attached hydrogens (tertiary/aromatic N) is 2. The van der Waals surface area contributed by atoms with E-state index in [4.69, 9.17) is 4.74 Å². The van der Waals surface area contributed by atoms with E-state index in [1.807, 2.05) is 61.5 Å². The number of carbonyl (C=O) groups excluding carboxylic acids is 2. The van der Waals surface area contributed by atoms with Crippen LogP contribution in [0, 0.1) is 11.3 Å². The molecule has 0 unspecified atom stereocenters. The SMILES string of the molecule is CN(C)c1ccc(/C=C(\C#N)C(=O)OCC(=O)c2ccc3c(c2)CCC3)cc1. The van der Waals surface area contributed by atoms with Crippen molar-refractivity contribution in [1.82, 2.24) is 0 Å². The van der Waals surface area contributed by atoms with E-state index >= 15 is 0 Å². The predicted octanol–water partition coefficient (Wildman–Crippen LogP) is 3.57. The molecule has 0 aromatic heterocycles. The maximum atomic E-state index is 12.3. The Bertz CT molecular complexity index is 966. The minimum Gasteiger partial charge on any atom is -0.453 e. The Morgan fingerprint density at radius 3 is 2.50 bits per heavy atom. The number of hydrogen-bond acceptors (Lipinski definition) is 5. The number of anilines is 1. The van der Waals surface area contributed by atoms with E-state index < -0.39 is 5.97 Å². The molecule has 0 fully saturated rings. The normalized spacial score (nSPS) is 12.8. The summed E-state index contributed by atoms with van der Waals surface area (Å²) >= 11 is 0. The first-order valence-electron chi connectivity index (χ1n) is 9.19. The molecule has 28 heavy (non-hydrogen) atoms. The average molecular weight is 374 g/mol. The van der Waals surface area contributed by atoms with Crippen LogP contribution in [0.5, 0.6) is 0 Å². The van der Waals surface area contributed by atoms with Crippen LogP contribution in [0.25, 0.3) is 6.08 Å². The third-order valence-corrected chi connectivity index (χ3v) is 4.82. The molecule has 2 aromatic carbocycles. The highest BCUT2D eigenvalue weighted by molar-refractivity contribution is 6.02. The van der Waals surface area contributed by atoms with Gasteiger partial charge in [-0.15, -0.1) is 0 Å². The van der Waals surface area contributed by atoms with E-state index in [1.165, 1.54) is 17.2 Å². The molecule has 3 rings (SSSR count). The summed E-state index contributed by atoms with van der Waals surface area (Å²) in [5, 5.41) is 9.28. The van der Waals surface area contributed by atoms with Crippen molar-refractivity contribution < 1.29 is 14.3 Å². The van der Waals surface area contributed by atoms with E-state index in [9.17, 15) is 14.9 Å². The summed E-state index contributed by atoms with van der Waals surface area (Å²) in [5.41, 5.74) is 4.59. The molecule has 5 heteroatoms. The van der Waals surface area contributed by atoms with Gasteiger partial charge in [0.25, 0.3) is 0 Å². The van der Waals surface area contributed by atoms with Gasteiger partial charge in [-0.25, -0.2) is 4.79 Å². The molecule has 2 aromatic rings. The molecule has 0 spiro atoms. The van der Waals surface area contributed by atoms with Crippen LogP contribution in [0.3, 0.4) is 0 Å². The number of ether oxygens (including phenoxy) is 1. The van der Waals surface area contributed by atoms with Crippen LogP contribution in [0.4, 0.5) is 5.69 Å². The zero-order valence-corrected chi connectivity index (χ0v) is 16.1. The van der Waals surface area contributed by atoms with Crippen molar-refractivity contribution in [3.8, 4) is 6.07 Å². The van der Waals surface area contributed by atoms with Crippen LogP contribution >= 0.6 is 0 Å². The lowest BCUT2D eigenvalue weighted by molar-refractivity contribution is -0.137. The fraction of sp³-hybridized carbons (Fsp3) is 0.261. The number of fused-ring (bicyclic) bond motifs is 1. The largest absolute Gasteiger partial charge is 0.453 e. The first-order valence-corrected chi connectivity index (χ1v) is 9.19. The first-order chi connectivity index (χ1) is 13.5. The molecule has 0 aliphatic heterocycles. The molecule has 0 heterocycles. The fourth-order valence-electron chi connectivity index (χ4n) is 3.21. The minimum absolute atomic E-state index is 0.139. The Kier molecular flexibility index (Phi) is 5.90. The topological polar surface area (TPSA) is 70.4 Å². The number of rotatable bonds is 6. The molecule has 0 radical (unpaired) electrons. The second kappa shape index (κ2) is 8.53. The molecule has 0 atom stereocenters. The highest BCUT2D eigenvalue weighted by Crippen LogP contribution is 2.23. The van der Waals surface area contributed by atoms with E-state index in [2.05, 4.69) is 0 Å². The number of hydrogen-bond donors (Lipinski definition) is 0. The number of benzene rings is 2. The number of Topliss-reactive ketones (excluding diaryl/α,β-unsaturated/α-hetero) is 1. The third-order valence-electron chi connectivity index (χ3n) is 4.82. The zero-order valence-electron chi connectivity index (χ0n) is 16.1. The van der Waals surface area contributed by atoms with Gasteiger partial charge in [-0.1, -0.05) is 24.3 Å². The highest BCUT2D eigenvalue weighted by atomic mass is 16.5. The number of nitriles is 1. The van der Waals surface area contributed by atoms with Crippen LogP contribution in [0.2, 0.25) is 0 Å². The van der Waals surface area contributed by atoms with Crippen molar-refractivity contribution in [3.05, 3.63) is 70.3 Å². The molecule has 5 nitrogen and oxygen atoms in total. The third kappa shape index (κ3) is 4.47. The lowest BCUT2D eigenvalue weighted by Gasteiger charge is -2.11. The van der Waals surface area contributed by atoms with Crippen LogP contribution in [-0.2, 0) is 22.4 Å². The van der Waals surface area contributed by atoms with Crippen LogP contribution in [-0.4, -0.2) is 32.5 Å². The van der Waals surface area contributed by atoms with Gasteiger partial charge < -0.3 is 9.64 Å². The van der Waals surface area contributed by atoms with E-state index in [-0.39, 0.29) is 18.0 Å². The zero-order chi connectivity index (χ0) is 20.1. The van der Waals surface area contributed by atoms with Crippen molar-refractivity contribution in [2.24, 2.45) is 0 Å². The molecule has 0 bridgehead atoms. The summed E-state index contributed by atoms with van der Waals surface area (Å²) in [6.45, 7) is -0.379. The van der Waals surface area contributed by atoms with Gasteiger partial charge in [0.2, 0.25) is 0 Å². The summed E-state index contributed by atoms with van der Waals surface area (Å²) in [6, 6.07) is 14.9. The van der Waals surface area contributed by atoms with Crippen molar-refractivity contribution in [3.63, 3.8) is 0 Å². The van der Waals surface area contributed by atoms with Crippen molar-refractivity contribution >= 4 is 23.5 Å². The van der Waals surface area contributed by atoms with Crippen LogP contribution in [0.1, 0.15) is 33.5 Å². The van der Waals surface area contributed by atoms with Crippen molar-refractivity contribution in [1.29, 1.82) is 5.26 Å². The van der Waals surface area contributed by atoms with Crippen LogP contribution in [0.15, 0.2) is 48.0 Å². The Morgan fingerprint density at radius 1 is 1.11 bits per heavy atom. The second-order valence-electron chi connectivity index (χ2n) is 6.99. The Morgan fingerprint density at radius 2 is 1.82 bits per heavy atom. The van der Waals surface area contributed by atoms with Gasteiger partial charge in [-0.3, -0.25) is 4.79 Å². The molecular formula is C23H22N2O3. The van der Waals surface area contributed by atoms with E-state index in [1.54, 1.807) is 6.07 Å². The van der Waals surface area contributed by atoms with E-state index in [0.29, 0.717) is 11.1 Å². The smallest absolute Gasteiger partial charge is 0.349 e. The van der Waals surface area contributed by atoms with Gasteiger partial charge in [0, 0.05) is 25.3 Å². The van der Waals surface area contributed by atoms with Crippen molar-refractivity contribution in [2.75, 3.05) is 25.6 Å². The molecule has 1 aliphatic rings. The lowest BCUT2D eigenvalue weighted by Crippen LogP contribution is -2.15. The number of aryl methyl sites for hydroxylation is 2. The molecule has 0 N–H and O–H groups in total. The maximum absolute atomic E-state index is 12.3. The molecule has 0 saturated heterocycles. The average Bonchev–Trinajstić information content (AvgIpc) is 3.18. The van der Waals surface area contributed by atoms with Gasteiger partial charge in [0.15, 0.2) is 12.4 Å². The molecule has 142 valence electrons. The molecule has 0 amide bonds. The minimum atomic E-state index is -0.798. The quantitative estimate of drug-likeness (QED) is 0.335. The fourth-order valence-corrected chi connectivity index (χ4v) is 3.21. The van der Waals surface area contributed by atoms with E-state index in [0.717, 1.165) is 24.9 Å². The second-order valence-corrected chi connectivity index (χ2v) is 6.99. The predicted molar refractivity (Wildman–Crippen MR) is 108 cm³/mol. The summed E-state index contributed by atoms with van der Waals surface area (Å²) < 4.78 is 5.08. The number of esters is 1. The molecule has 1 aliphatic carbocycles. The Balaban J connectivity index is 1.63. The molecular weight excluding hydrogens is 352 g/mol. The summed E-state index contributed by atoms with van der Waals surface area (Å²) in [7, 11) is 3.86. The Labute approximate surface area is 164 Å².